The Morgan fingerprint density at radius 1 is 1.50 bits per heavy atom. The smallest absolute Gasteiger partial charge is 0.303 e. The Bertz CT molecular complexity index is 481. The van der Waals surface area contributed by atoms with E-state index in [2.05, 4.69) is 4.90 Å². The zero-order valence-corrected chi connectivity index (χ0v) is 12.1. The first-order valence-corrected chi connectivity index (χ1v) is 7.31. The molecule has 1 unspecified atom stereocenters. The zero-order valence-electron chi connectivity index (χ0n) is 11.3. The molecule has 0 aliphatic carbocycles. The molecule has 0 saturated carbocycles. The van der Waals surface area contributed by atoms with Gasteiger partial charge in [-0.3, -0.25) is 9.69 Å². The average molecular weight is 300 g/mol. The zero-order chi connectivity index (χ0) is 14.5. The van der Waals surface area contributed by atoms with Crippen LogP contribution in [0.15, 0.2) is 18.2 Å². The van der Waals surface area contributed by atoms with Crippen LogP contribution in [0.2, 0.25) is 5.02 Å². The van der Waals surface area contributed by atoms with Gasteiger partial charge in [0.25, 0.3) is 0 Å². The molecular weight excluding hydrogens is 281 g/mol. The van der Waals surface area contributed by atoms with Crippen LogP contribution < -0.4 is 0 Å². The van der Waals surface area contributed by atoms with Crippen LogP contribution in [0.3, 0.4) is 0 Å². The molecule has 1 heterocycles. The van der Waals surface area contributed by atoms with Gasteiger partial charge in [-0.15, -0.1) is 0 Å². The van der Waals surface area contributed by atoms with Crippen LogP contribution in [-0.4, -0.2) is 29.1 Å². The van der Waals surface area contributed by atoms with Crippen LogP contribution in [0.1, 0.15) is 31.2 Å². The molecule has 1 atom stereocenters. The summed E-state index contributed by atoms with van der Waals surface area (Å²) in [6.07, 6.45) is 3.00. The maximum atomic E-state index is 13.9. The number of hydrogen-bond acceptors (Lipinski definition) is 2. The second-order valence-electron chi connectivity index (χ2n) is 5.39. The van der Waals surface area contributed by atoms with Gasteiger partial charge in [0.1, 0.15) is 5.82 Å². The highest BCUT2D eigenvalue weighted by molar-refractivity contribution is 6.30. The number of carboxylic acid groups (broad SMARTS) is 1. The van der Waals surface area contributed by atoms with E-state index in [1.165, 1.54) is 0 Å². The van der Waals surface area contributed by atoms with Crippen molar-refractivity contribution in [2.75, 3.05) is 13.1 Å². The van der Waals surface area contributed by atoms with Crippen molar-refractivity contribution >= 4 is 17.6 Å². The number of likely N-dealkylation sites (tertiary alicyclic amines) is 1. The Morgan fingerprint density at radius 3 is 3.05 bits per heavy atom. The number of carboxylic acids is 1. The van der Waals surface area contributed by atoms with Gasteiger partial charge in [0.2, 0.25) is 0 Å². The summed E-state index contributed by atoms with van der Waals surface area (Å²) >= 11 is 5.79. The number of carbonyl (C=O) groups is 1. The van der Waals surface area contributed by atoms with Crippen molar-refractivity contribution in [1.29, 1.82) is 0 Å². The number of piperidine rings is 1. The normalized spacial score (nSPS) is 20.0. The van der Waals surface area contributed by atoms with Crippen LogP contribution >= 0.6 is 11.6 Å². The van der Waals surface area contributed by atoms with Crippen molar-refractivity contribution in [1.82, 2.24) is 4.90 Å². The molecule has 2 rings (SSSR count). The lowest BCUT2D eigenvalue weighted by atomic mass is 9.93. The van der Waals surface area contributed by atoms with Gasteiger partial charge in [-0.25, -0.2) is 4.39 Å². The number of halogens is 2. The third-order valence-corrected chi connectivity index (χ3v) is 4.09. The molecule has 0 spiro atoms. The van der Waals surface area contributed by atoms with E-state index in [-0.39, 0.29) is 17.3 Å². The minimum Gasteiger partial charge on any atom is -0.481 e. The summed E-state index contributed by atoms with van der Waals surface area (Å²) in [5.74, 6) is -0.702. The number of nitrogens with zero attached hydrogens (tertiary/aromatic N) is 1. The van der Waals surface area contributed by atoms with Crippen molar-refractivity contribution in [3.05, 3.63) is 34.6 Å². The SMILES string of the molecule is O=C(O)CCC1CCCN(Cc2cccc(Cl)c2F)C1. The van der Waals surface area contributed by atoms with E-state index in [0.717, 1.165) is 25.9 Å². The predicted molar refractivity (Wildman–Crippen MR) is 76.3 cm³/mol. The minimum atomic E-state index is -0.747. The lowest BCUT2D eigenvalue weighted by molar-refractivity contribution is -0.137. The molecule has 0 radical (unpaired) electrons. The van der Waals surface area contributed by atoms with Crippen molar-refractivity contribution < 1.29 is 14.3 Å². The van der Waals surface area contributed by atoms with Crippen LogP contribution in [0.5, 0.6) is 0 Å². The van der Waals surface area contributed by atoms with E-state index in [4.69, 9.17) is 16.7 Å². The molecule has 20 heavy (non-hydrogen) atoms. The average Bonchev–Trinajstić information content (AvgIpc) is 2.42. The molecule has 1 saturated heterocycles. The van der Waals surface area contributed by atoms with E-state index in [1.807, 2.05) is 0 Å². The van der Waals surface area contributed by atoms with Gasteiger partial charge in [0.05, 0.1) is 5.02 Å². The van der Waals surface area contributed by atoms with E-state index < -0.39 is 5.97 Å². The quantitative estimate of drug-likeness (QED) is 0.904. The van der Waals surface area contributed by atoms with E-state index in [9.17, 15) is 9.18 Å². The monoisotopic (exact) mass is 299 g/mol. The van der Waals surface area contributed by atoms with E-state index in [1.54, 1.807) is 18.2 Å². The fraction of sp³-hybridized carbons (Fsp3) is 0.533. The Labute approximate surface area is 123 Å². The standard InChI is InChI=1S/C15H19ClFNO2/c16-13-5-1-4-12(15(13)17)10-18-8-2-3-11(9-18)6-7-14(19)20/h1,4-5,11H,2-3,6-10H2,(H,19,20). The Hall–Kier alpha value is -1.13. The first kappa shape index (κ1) is 15.3. The molecule has 1 aromatic rings. The fourth-order valence-corrected chi connectivity index (χ4v) is 2.96. The lowest BCUT2D eigenvalue weighted by Gasteiger charge is -2.32. The third-order valence-electron chi connectivity index (χ3n) is 3.80. The summed E-state index contributed by atoms with van der Waals surface area (Å²) in [7, 11) is 0. The summed E-state index contributed by atoms with van der Waals surface area (Å²) in [6, 6.07) is 5.06. The Balaban J connectivity index is 1.92. The maximum absolute atomic E-state index is 13.9. The molecule has 5 heteroatoms. The summed E-state index contributed by atoms with van der Waals surface area (Å²) in [5, 5.41) is 8.89. The predicted octanol–water partition coefficient (Wildman–Crippen LogP) is 3.56. The molecule has 1 aromatic carbocycles. The molecule has 1 aliphatic rings. The second kappa shape index (κ2) is 7.04. The second-order valence-corrected chi connectivity index (χ2v) is 5.80. The fourth-order valence-electron chi connectivity index (χ4n) is 2.77. The largest absolute Gasteiger partial charge is 0.481 e. The molecule has 3 nitrogen and oxygen atoms in total. The summed E-state index contributed by atoms with van der Waals surface area (Å²) in [6.45, 7) is 2.30. The summed E-state index contributed by atoms with van der Waals surface area (Å²) in [5.41, 5.74) is 0.608. The van der Waals surface area contributed by atoms with Crippen molar-refractivity contribution in [2.24, 2.45) is 5.92 Å². The number of aliphatic carboxylic acids is 1. The lowest BCUT2D eigenvalue weighted by Crippen LogP contribution is -2.35. The molecule has 1 fully saturated rings. The molecule has 1 N–H and O–H groups in total. The number of benzene rings is 1. The maximum Gasteiger partial charge on any atom is 0.303 e. The highest BCUT2D eigenvalue weighted by Crippen LogP contribution is 2.24. The van der Waals surface area contributed by atoms with Gasteiger partial charge in [0, 0.05) is 25.1 Å². The molecule has 0 aromatic heterocycles. The van der Waals surface area contributed by atoms with Gasteiger partial charge < -0.3 is 5.11 Å². The van der Waals surface area contributed by atoms with E-state index in [0.29, 0.717) is 24.4 Å². The Morgan fingerprint density at radius 2 is 2.30 bits per heavy atom. The molecular formula is C15H19ClFNO2. The first-order chi connectivity index (χ1) is 9.56. The van der Waals surface area contributed by atoms with Gasteiger partial charge in [-0.2, -0.15) is 0 Å². The molecule has 1 aliphatic heterocycles. The molecule has 0 amide bonds. The Kier molecular flexibility index (Phi) is 5.38. The van der Waals surface area contributed by atoms with Crippen molar-refractivity contribution in [3.63, 3.8) is 0 Å². The number of rotatable bonds is 5. The van der Waals surface area contributed by atoms with Gasteiger partial charge in [0.15, 0.2) is 0 Å². The highest BCUT2D eigenvalue weighted by atomic mass is 35.5. The third kappa shape index (κ3) is 4.18. The molecule has 0 bridgehead atoms. The minimum absolute atomic E-state index is 0.155. The van der Waals surface area contributed by atoms with E-state index >= 15 is 0 Å². The first-order valence-electron chi connectivity index (χ1n) is 6.93. The van der Waals surface area contributed by atoms with Crippen LogP contribution in [0.25, 0.3) is 0 Å². The summed E-state index contributed by atoms with van der Waals surface area (Å²) < 4.78 is 13.9. The van der Waals surface area contributed by atoms with Crippen molar-refractivity contribution in [3.8, 4) is 0 Å². The van der Waals surface area contributed by atoms with Crippen LogP contribution in [-0.2, 0) is 11.3 Å². The van der Waals surface area contributed by atoms with Crippen LogP contribution in [0, 0.1) is 11.7 Å². The number of hydrogen-bond donors (Lipinski definition) is 1. The highest BCUT2D eigenvalue weighted by Gasteiger charge is 2.21. The molecule has 110 valence electrons. The van der Waals surface area contributed by atoms with Gasteiger partial charge in [-0.05, 0) is 37.8 Å². The topological polar surface area (TPSA) is 40.5 Å². The van der Waals surface area contributed by atoms with Crippen LogP contribution in [0.4, 0.5) is 4.39 Å². The summed E-state index contributed by atoms with van der Waals surface area (Å²) in [4.78, 5) is 12.8. The van der Waals surface area contributed by atoms with Gasteiger partial charge >= 0.3 is 5.97 Å². The van der Waals surface area contributed by atoms with Gasteiger partial charge in [-0.1, -0.05) is 23.7 Å². The van der Waals surface area contributed by atoms with Crippen molar-refractivity contribution in [2.45, 2.75) is 32.2 Å².